The van der Waals surface area contributed by atoms with Crippen molar-refractivity contribution in [2.24, 2.45) is 5.41 Å². The summed E-state index contributed by atoms with van der Waals surface area (Å²) in [5.41, 5.74) is 2.40. The summed E-state index contributed by atoms with van der Waals surface area (Å²) in [6, 6.07) is 0. The highest BCUT2D eigenvalue weighted by Crippen LogP contribution is 2.48. The molecule has 2 heterocycles. The lowest BCUT2D eigenvalue weighted by molar-refractivity contribution is 0.0670. The topological polar surface area (TPSA) is 20.3 Å². The Morgan fingerprint density at radius 3 is 2.41 bits per heavy atom. The Kier molecular flexibility index (Phi) is 2.46. The monoisotopic (exact) mass is 249 g/mol. The van der Waals surface area contributed by atoms with Crippen LogP contribution in [0.25, 0.3) is 0 Å². The van der Waals surface area contributed by atoms with Crippen molar-refractivity contribution in [3.05, 3.63) is 20.9 Å². The molecular weight excluding hydrogens is 230 g/mol. The van der Waals surface area contributed by atoms with Crippen molar-refractivity contribution in [2.75, 3.05) is 20.1 Å². The number of piperidine rings is 1. The molecule has 0 atom stereocenters. The van der Waals surface area contributed by atoms with Crippen LogP contribution in [0.3, 0.4) is 0 Å². The van der Waals surface area contributed by atoms with Crippen molar-refractivity contribution >= 4 is 17.1 Å². The van der Waals surface area contributed by atoms with E-state index in [1.807, 2.05) is 0 Å². The highest BCUT2D eigenvalue weighted by Gasteiger charge is 2.48. The summed E-state index contributed by atoms with van der Waals surface area (Å²) in [6.45, 7) is 6.40. The number of hydrogen-bond acceptors (Lipinski definition) is 3. The second kappa shape index (κ2) is 3.66. The molecule has 0 bridgehead atoms. The van der Waals surface area contributed by atoms with Gasteiger partial charge in [-0.15, -0.1) is 11.3 Å². The van der Waals surface area contributed by atoms with Gasteiger partial charge in [-0.2, -0.15) is 0 Å². The van der Waals surface area contributed by atoms with E-state index in [0.717, 1.165) is 37.9 Å². The molecule has 92 valence electrons. The van der Waals surface area contributed by atoms with Crippen LogP contribution >= 0.6 is 11.3 Å². The first-order chi connectivity index (χ1) is 8.03. The van der Waals surface area contributed by atoms with Crippen LogP contribution in [0.4, 0.5) is 0 Å². The summed E-state index contributed by atoms with van der Waals surface area (Å²) in [5, 5.41) is 0. The summed E-state index contributed by atoms with van der Waals surface area (Å²) < 4.78 is 0. The molecular formula is C14H19NOS. The van der Waals surface area contributed by atoms with E-state index >= 15 is 0 Å². The summed E-state index contributed by atoms with van der Waals surface area (Å²) in [4.78, 5) is 17.6. The van der Waals surface area contributed by atoms with Gasteiger partial charge in [-0.1, -0.05) is 0 Å². The molecule has 1 aromatic rings. The van der Waals surface area contributed by atoms with Crippen molar-refractivity contribution in [1.29, 1.82) is 0 Å². The quantitative estimate of drug-likeness (QED) is 0.704. The van der Waals surface area contributed by atoms with Gasteiger partial charge in [0.25, 0.3) is 0 Å². The molecule has 1 aliphatic carbocycles. The van der Waals surface area contributed by atoms with Crippen molar-refractivity contribution in [1.82, 2.24) is 4.90 Å². The first-order valence-electron chi connectivity index (χ1n) is 6.36. The summed E-state index contributed by atoms with van der Waals surface area (Å²) in [5.74, 6) is 0.447. The third-order valence-corrected chi connectivity index (χ3v) is 5.62. The van der Waals surface area contributed by atoms with Gasteiger partial charge in [0.15, 0.2) is 5.78 Å². The Balaban J connectivity index is 1.99. The Labute approximate surface area is 107 Å². The fourth-order valence-electron chi connectivity index (χ4n) is 3.37. The molecule has 1 aromatic heterocycles. The fraction of sp³-hybridized carbons (Fsp3) is 0.643. The van der Waals surface area contributed by atoms with Gasteiger partial charge in [0.05, 0.1) is 0 Å². The Morgan fingerprint density at radius 2 is 1.82 bits per heavy atom. The van der Waals surface area contributed by atoms with Gasteiger partial charge in [-0.3, -0.25) is 4.79 Å². The van der Waals surface area contributed by atoms with Crippen molar-refractivity contribution < 1.29 is 4.79 Å². The second-order valence-electron chi connectivity index (χ2n) is 5.66. The number of carbonyl (C=O) groups excluding carboxylic acids is 1. The van der Waals surface area contributed by atoms with Crippen molar-refractivity contribution in [3.63, 3.8) is 0 Å². The number of nitrogens with zero attached hydrogens (tertiary/aromatic N) is 1. The van der Waals surface area contributed by atoms with E-state index in [0.29, 0.717) is 5.78 Å². The second-order valence-corrected chi connectivity index (χ2v) is 7.09. The van der Waals surface area contributed by atoms with Crippen LogP contribution in [-0.2, 0) is 6.42 Å². The highest BCUT2D eigenvalue weighted by atomic mass is 32.1. The standard InChI is InChI=1S/C14H19NOS/c1-9-11-8-14(4-6-15(3)7-5-14)13(16)12(11)10(2)17-9/h4-8H2,1-3H3. The Morgan fingerprint density at radius 1 is 1.18 bits per heavy atom. The lowest BCUT2D eigenvalue weighted by Crippen LogP contribution is -2.41. The number of rotatable bonds is 0. The zero-order valence-corrected chi connectivity index (χ0v) is 11.6. The normalized spacial score (nSPS) is 23.4. The van der Waals surface area contributed by atoms with Crippen LogP contribution in [0.2, 0.25) is 0 Å². The van der Waals surface area contributed by atoms with Gasteiger partial charge in [0.1, 0.15) is 0 Å². The van der Waals surface area contributed by atoms with Gasteiger partial charge in [0.2, 0.25) is 0 Å². The minimum Gasteiger partial charge on any atom is -0.306 e. The van der Waals surface area contributed by atoms with Gasteiger partial charge in [0, 0.05) is 20.7 Å². The average Bonchev–Trinajstić information content (AvgIpc) is 2.72. The first kappa shape index (κ1) is 11.4. The molecule has 0 radical (unpaired) electrons. The number of Topliss-reactive ketones (excluding diaryl/α,β-unsaturated/α-hetero) is 1. The smallest absolute Gasteiger partial charge is 0.170 e. The molecule has 3 heteroatoms. The zero-order valence-electron chi connectivity index (χ0n) is 10.8. The van der Waals surface area contributed by atoms with Crippen LogP contribution in [0.15, 0.2) is 0 Å². The SMILES string of the molecule is Cc1sc(C)c2c1CC1(CCN(C)CC1)C2=O. The van der Waals surface area contributed by atoms with E-state index in [9.17, 15) is 4.79 Å². The van der Waals surface area contributed by atoms with Crippen LogP contribution < -0.4 is 0 Å². The third kappa shape index (κ3) is 1.52. The molecule has 1 saturated heterocycles. The number of likely N-dealkylation sites (tertiary alicyclic amines) is 1. The number of ketones is 1. The summed E-state index contributed by atoms with van der Waals surface area (Å²) in [6.07, 6.45) is 3.09. The average molecular weight is 249 g/mol. The number of carbonyl (C=O) groups is 1. The number of hydrogen-bond donors (Lipinski definition) is 0. The van der Waals surface area contributed by atoms with Gasteiger partial charge in [-0.25, -0.2) is 0 Å². The molecule has 0 saturated carbocycles. The Bertz CT molecular complexity index is 481. The molecule has 0 unspecified atom stereocenters. The van der Waals surface area contributed by atoms with Crippen LogP contribution in [0.5, 0.6) is 0 Å². The number of aryl methyl sites for hydroxylation is 2. The van der Waals surface area contributed by atoms with E-state index < -0.39 is 0 Å². The maximum Gasteiger partial charge on any atom is 0.170 e. The Hall–Kier alpha value is -0.670. The van der Waals surface area contributed by atoms with Gasteiger partial charge in [-0.05, 0) is 58.8 Å². The minimum atomic E-state index is -0.0410. The molecule has 2 aliphatic rings. The lowest BCUT2D eigenvalue weighted by Gasteiger charge is -2.36. The van der Waals surface area contributed by atoms with Crippen LogP contribution in [0, 0.1) is 19.3 Å². The molecule has 1 spiro atoms. The number of thiophene rings is 1. The van der Waals surface area contributed by atoms with Gasteiger partial charge >= 0.3 is 0 Å². The molecule has 1 aliphatic heterocycles. The maximum absolute atomic E-state index is 12.7. The predicted octanol–water partition coefficient (Wildman–Crippen LogP) is 2.82. The third-order valence-electron chi connectivity index (χ3n) is 4.55. The lowest BCUT2D eigenvalue weighted by atomic mass is 9.75. The molecule has 1 fully saturated rings. The molecule has 2 nitrogen and oxygen atoms in total. The van der Waals surface area contributed by atoms with E-state index in [-0.39, 0.29) is 5.41 Å². The van der Waals surface area contributed by atoms with Crippen LogP contribution in [0.1, 0.15) is 38.5 Å². The van der Waals surface area contributed by atoms with E-state index in [4.69, 9.17) is 0 Å². The number of fused-ring (bicyclic) bond motifs is 1. The molecule has 3 rings (SSSR count). The predicted molar refractivity (Wildman–Crippen MR) is 71.0 cm³/mol. The molecule has 0 aromatic carbocycles. The molecule has 0 N–H and O–H groups in total. The van der Waals surface area contributed by atoms with Crippen molar-refractivity contribution in [2.45, 2.75) is 33.1 Å². The zero-order chi connectivity index (χ0) is 12.2. The minimum absolute atomic E-state index is 0.0410. The van der Waals surface area contributed by atoms with E-state index in [2.05, 4.69) is 25.8 Å². The molecule has 0 amide bonds. The maximum atomic E-state index is 12.7. The summed E-state index contributed by atoms with van der Waals surface area (Å²) in [7, 11) is 2.15. The van der Waals surface area contributed by atoms with E-state index in [1.165, 1.54) is 15.3 Å². The fourth-order valence-corrected chi connectivity index (χ4v) is 4.45. The largest absolute Gasteiger partial charge is 0.306 e. The van der Waals surface area contributed by atoms with Crippen molar-refractivity contribution in [3.8, 4) is 0 Å². The highest BCUT2D eigenvalue weighted by molar-refractivity contribution is 7.12. The summed E-state index contributed by atoms with van der Waals surface area (Å²) >= 11 is 1.79. The van der Waals surface area contributed by atoms with Crippen LogP contribution in [-0.4, -0.2) is 30.8 Å². The molecule has 17 heavy (non-hydrogen) atoms. The van der Waals surface area contributed by atoms with Gasteiger partial charge < -0.3 is 4.90 Å². The van der Waals surface area contributed by atoms with E-state index in [1.54, 1.807) is 11.3 Å². The first-order valence-corrected chi connectivity index (χ1v) is 7.17.